The summed E-state index contributed by atoms with van der Waals surface area (Å²) in [7, 11) is 0. The van der Waals surface area contributed by atoms with E-state index in [1.54, 1.807) is 0 Å². The van der Waals surface area contributed by atoms with E-state index in [1.165, 1.54) is 18.2 Å². The summed E-state index contributed by atoms with van der Waals surface area (Å²) in [6, 6.07) is 4.20. The van der Waals surface area contributed by atoms with Crippen LogP contribution in [0.4, 0.5) is 5.69 Å². The molecule has 7 heteroatoms. The van der Waals surface area contributed by atoms with Gasteiger partial charge in [-0.3, -0.25) is 19.7 Å². The Hall–Kier alpha value is -2.96. The summed E-state index contributed by atoms with van der Waals surface area (Å²) in [5.74, 6) is -0.423. The first-order valence-corrected chi connectivity index (χ1v) is 10.1. The Morgan fingerprint density at radius 1 is 1.00 bits per heavy atom. The number of ketones is 2. The zero-order valence-corrected chi connectivity index (χ0v) is 17.6. The average Bonchev–Trinajstić information content (AvgIpc) is 2.57. The number of hydrogen-bond donors (Lipinski definition) is 1. The third-order valence-electron chi connectivity index (χ3n) is 6.10. The molecule has 1 atom stereocenters. The molecule has 3 aliphatic rings. The summed E-state index contributed by atoms with van der Waals surface area (Å²) in [6.45, 7) is 7.76. The summed E-state index contributed by atoms with van der Waals surface area (Å²) in [4.78, 5) is 37.2. The smallest absolute Gasteiger partial charge is 0.270 e. The molecule has 2 aliphatic carbocycles. The van der Waals surface area contributed by atoms with Gasteiger partial charge in [0.2, 0.25) is 0 Å². The predicted molar refractivity (Wildman–Crippen MR) is 109 cm³/mol. The Morgan fingerprint density at radius 3 is 2.20 bits per heavy atom. The number of benzene rings is 1. The first-order chi connectivity index (χ1) is 13.9. The number of nitro benzene ring substituents is 1. The molecular weight excluding hydrogens is 386 g/mol. The Kier molecular flexibility index (Phi) is 4.42. The molecule has 1 aliphatic heterocycles. The van der Waals surface area contributed by atoms with Crippen LogP contribution in [0.2, 0.25) is 0 Å². The summed E-state index contributed by atoms with van der Waals surface area (Å²) in [6.07, 6.45) is 1.33. The van der Waals surface area contributed by atoms with Crippen molar-refractivity contribution in [3.05, 3.63) is 56.5 Å². The third kappa shape index (κ3) is 3.32. The zero-order valence-electron chi connectivity index (χ0n) is 17.6. The molecule has 7 nitrogen and oxygen atoms in total. The van der Waals surface area contributed by atoms with Crippen molar-refractivity contribution in [3.8, 4) is 5.75 Å². The molecule has 4 rings (SSSR count). The molecule has 0 unspecified atom stereocenters. The lowest BCUT2D eigenvalue weighted by molar-refractivity contribution is -0.385. The zero-order chi connectivity index (χ0) is 22.0. The highest BCUT2D eigenvalue weighted by molar-refractivity contribution is 6.06. The maximum atomic E-state index is 13.2. The van der Waals surface area contributed by atoms with Gasteiger partial charge in [0.25, 0.3) is 5.69 Å². The molecule has 1 aromatic rings. The summed E-state index contributed by atoms with van der Waals surface area (Å²) >= 11 is 0. The van der Waals surface area contributed by atoms with Crippen LogP contribution in [0.5, 0.6) is 5.75 Å². The predicted octanol–water partition coefficient (Wildman–Crippen LogP) is 4.92. The number of non-ortho nitro benzene ring substituents is 1. The van der Waals surface area contributed by atoms with Crippen LogP contribution in [-0.4, -0.2) is 21.6 Å². The monoisotopic (exact) mass is 411 g/mol. The highest BCUT2D eigenvalue weighted by Gasteiger charge is 2.47. The lowest BCUT2D eigenvalue weighted by Crippen LogP contribution is -2.36. The van der Waals surface area contributed by atoms with Crippen LogP contribution < -0.4 is 4.74 Å². The fraction of sp³-hybridized carbons (Fsp3) is 0.478. The highest BCUT2D eigenvalue weighted by Crippen LogP contribution is 2.53. The lowest BCUT2D eigenvalue weighted by Gasteiger charge is -2.40. The van der Waals surface area contributed by atoms with E-state index in [9.17, 15) is 24.8 Å². The third-order valence-corrected chi connectivity index (χ3v) is 6.10. The standard InChI is InChI=1S/C23H25NO6/c1-22(2)8-14(25)20(15(26)9-22)19-13-7-12(24(28)29)5-6-17(13)30-18-11-23(3,4)10-16(27)21(18)19/h5-7,19,25H,8-11H2,1-4H3/t19-/m0/s1. The van der Waals surface area contributed by atoms with Crippen molar-refractivity contribution >= 4 is 17.3 Å². The molecule has 1 aromatic carbocycles. The minimum Gasteiger partial charge on any atom is -0.512 e. The van der Waals surface area contributed by atoms with E-state index in [-0.39, 0.29) is 46.8 Å². The molecule has 1 N–H and O–H groups in total. The number of fused-ring (bicyclic) bond motifs is 1. The van der Waals surface area contributed by atoms with E-state index in [0.29, 0.717) is 35.5 Å². The minimum atomic E-state index is -0.851. The fourth-order valence-corrected chi connectivity index (χ4v) is 4.88. The molecule has 30 heavy (non-hydrogen) atoms. The molecule has 0 saturated heterocycles. The maximum absolute atomic E-state index is 13.2. The number of rotatable bonds is 2. The summed E-state index contributed by atoms with van der Waals surface area (Å²) < 4.78 is 6.03. The van der Waals surface area contributed by atoms with Gasteiger partial charge in [0.15, 0.2) is 11.6 Å². The van der Waals surface area contributed by atoms with Crippen LogP contribution in [-0.2, 0) is 9.59 Å². The van der Waals surface area contributed by atoms with Crippen molar-refractivity contribution < 1.29 is 24.4 Å². The van der Waals surface area contributed by atoms with E-state index < -0.39 is 16.3 Å². The van der Waals surface area contributed by atoms with Crippen molar-refractivity contribution in [2.75, 3.05) is 0 Å². The van der Waals surface area contributed by atoms with Crippen LogP contribution in [0.25, 0.3) is 0 Å². The topological polar surface area (TPSA) is 107 Å². The second-order valence-corrected chi connectivity index (χ2v) is 10.1. The molecule has 1 heterocycles. The van der Waals surface area contributed by atoms with Gasteiger partial charge in [-0.1, -0.05) is 27.7 Å². The number of carbonyl (C=O) groups is 2. The summed E-state index contributed by atoms with van der Waals surface area (Å²) in [5.41, 5.74) is 0.0475. The molecular formula is C23H25NO6. The van der Waals surface area contributed by atoms with Gasteiger partial charge in [0.1, 0.15) is 17.3 Å². The number of nitro groups is 1. The lowest BCUT2D eigenvalue weighted by atomic mass is 9.66. The maximum Gasteiger partial charge on any atom is 0.270 e. The number of ether oxygens (including phenoxy) is 1. The second-order valence-electron chi connectivity index (χ2n) is 10.1. The van der Waals surface area contributed by atoms with Gasteiger partial charge in [0, 0.05) is 54.5 Å². The van der Waals surface area contributed by atoms with Gasteiger partial charge < -0.3 is 9.84 Å². The SMILES string of the molecule is CC1(C)CC(=O)C([C@H]2C3=C(CC(C)(C)CC3=O)Oc3ccc([N+](=O)[O-])cc32)=C(O)C1. The minimum absolute atomic E-state index is 0.0508. The molecule has 0 fully saturated rings. The quantitative estimate of drug-likeness (QED) is 0.547. The van der Waals surface area contributed by atoms with E-state index >= 15 is 0 Å². The van der Waals surface area contributed by atoms with E-state index in [1.807, 2.05) is 27.7 Å². The first kappa shape index (κ1) is 20.3. The van der Waals surface area contributed by atoms with E-state index in [4.69, 9.17) is 4.74 Å². The van der Waals surface area contributed by atoms with Gasteiger partial charge in [0.05, 0.1) is 10.8 Å². The van der Waals surface area contributed by atoms with Gasteiger partial charge in [-0.15, -0.1) is 0 Å². The van der Waals surface area contributed by atoms with Crippen molar-refractivity contribution in [3.63, 3.8) is 0 Å². The van der Waals surface area contributed by atoms with Crippen molar-refractivity contribution in [1.82, 2.24) is 0 Å². The molecule has 0 saturated carbocycles. The van der Waals surface area contributed by atoms with Gasteiger partial charge >= 0.3 is 0 Å². The van der Waals surface area contributed by atoms with Gasteiger partial charge in [-0.25, -0.2) is 0 Å². The van der Waals surface area contributed by atoms with Gasteiger partial charge in [-0.05, 0) is 16.9 Å². The van der Waals surface area contributed by atoms with Crippen LogP contribution in [0, 0.1) is 20.9 Å². The number of aliphatic hydroxyl groups is 1. The molecule has 0 aromatic heterocycles. The van der Waals surface area contributed by atoms with Crippen LogP contribution in [0.15, 0.2) is 40.9 Å². The molecule has 158 valence electrons. The fourth-order valence-electron chi connectivity index (χ4n) is 4.88. The van der Waals surface area contributed by atoms with Crippen molar-refractivity contribution in [2.45, 2.75) is 59.3 Å². The Balaban J connectivity index is 1.97. The molecule has 0 amide bonds. The molecule has 0 bridgehead atoms. The average molecular weight is 411 g/mol. The summed E-state index contributed by atoms with van der Waals surface area (Å²) in [5, 5.41) is 22.2. The normalized spacial score (nSPS) is 24.9. The Bertz CT molecular complexity index is 1060. The Morgan fingerprint density at radius 2 is 1.60 bits per heavy atom. The largest absolute Gasteiger partial charge is 0.512 e. The number of allylic oxidation sites excluding steroid dienone is 4. The second kappa shape index (κ2) is 6.52. The highest BCUT2D eigenvalue weighted by atomic mass is 16.6. The van der Waals surface area contributed by atoms with Crippen molar-refractivity contribution in [1.29, 1.82) is 0 Å². The van der Waals surface area contributed by atoms with Gasteiger partial charge in [-0.2, -0.15) is 0 Å². The van der Waals surface area contributed by atoms with Crippen LogP contribution in [0.1, 0.15) is 64.9 Å². The number of hydrogen-bond acceptors (Lipinski definition) is 6. The van der Waals surface area contributed by atoms with E-state index in [0.717, 1.165) is 0 Å². The molecule has 0 radical (unpaired) electrons. The Labute approximate surface area is 174 Å². The number of carbonyl (C=O) groups excluding carboxylic acids is 2. The van der Waals surface area contributed by atoms with Crippen LogP contribution in [0.3, 0.4) is 0 Å². The first-order valence-electron chi connectivity index (χ1n) is 10.1. The number of Topliss-reactive ketones (excluding diaryl/α,β-unsaturated/α-hetero) is 2. The number of aliphatic hydroxyl groups excluding tert-OH is 1. The van der Waals surface area contributed by atoms with E-state index in [2.05, 4.69) is 0 Å². The van der Waals surface area contributed by atoms with Crippen LogP contribution >= 0.6 is 0 Å². The van der Waals surface area contributed by atoms with Crippen molar-refractivity contribution in [2.24, 2.45) is 10.8 Å². The number of nitrogens with zero attached hydrogens (tertiary/aromatic N) is 1. The molecule has 0 spiro atoms.